The zero-order chi connectivity index (χ0) is 23.5. The van der Waals surface area contributed by atoms with Gasteiger partial charge in [-0.3, -0.25) is 9.53 Å². The maximum Gasteiger partial charge on any atom is 0.458 e. The van der Waals surface area contributed by atoms with E-state index < -0.39 is 47.2 Å². The number of carbonyl (C=O) groups excluding carboxylic acids is 1. The number of amides is 1. The highest BCUT2D eigenvalue weighted by molar-refractivity contribution is 6.93. The van der Waals surface area contributed by atoms with E-state index in [1.165, 1.54) is 0 Å². The van der Waals surface area contributed by atoms with Crippen molar-refractivity contribution in [2.24, 2.45) is 0 Å². The van der Waals surface area contributed by atoms with Crippen molar-refractivity contribution in [3.63, 3.8) is 0 Å². The zero-order valence-corrected chi connectivity index (χ0v) is 20.7. The average molecular weight is 476 g/mol. The smallest absolute Gasteiger partial charge is 0.458 e. The van der Waals surface area contributed by atoms with Gasteiger partial charge in [0.05, 0.1) is 13.8 Å². The molecule has 0 bridgehead atoms. The Balaban J connectivity index is 2.98. The lowest BCUT2D eigenvalue weighted by Crippen LogP contribution is -2.58. The van der Waals surface area contributed by atoms with Crippen LogP contribution in [0.25, 0.3) is 0 Å². The van der Waals surface area contributed by atoms with Crippen LogP contribution >= 0.6 is 0 Å². The summed E-state index contributed by atoms with van der Waals surface area (Å²) in [5.41, 5.74) is 1.18. The van der Waals surface area contributed by atoms with Gasteiger partial charge >= 0.3 is 12.0 Å². The molecule has 1 fully saturated rings. The van der Waals surface area contributed by atoms with Gasteiger partial charge in [0.25, 0.3) is 5.91 Å². The van der Waals surface area contributed by atoms with Crippen molar-refractivity contribution in [3.05, 3.63) is 12.3 Å². The molecule has 3 atom stereocenters. The summed E-state index contributed by atoms with van der Waals surface area (Å²) < 4.78 is 75.7. The molecule has 0 aliphatic heterocycles. The van der Waals surface area contributed by atoms with Gasteiger partial charge in [0, 0.05) is 13.1 Å². The molecular weight excluding hydrogens is 441 g/mol. The van der Waals surface area contributed by atoms with Crippen LogP contribution in [-0.4, -0.2) is 59.2 Å². The van der Waals surface area contributed by atoms with E-state index in [2.05, 4.69) is 37.5 Å². The molecule has 1 saturated carbocycles. The number of likely N-dealkylation sites (N-methyl/N-ethyl adjacent to an activating group) is 1. The van der Waals surface area contributed by atoms with Crippen LogP contribution in [0.4, 0.5) is 22.0 Å². The topological polar surface area (TPSA) is 38.8 Å². The molecule has 1 aliphatic carbocycles. The Kier molecular flexibility index (Phi) is 8.74. The summed E-state index contributed by atoms with van der Waals surface area (Å²) in [7, 11) is -2.75. The Hall–Kier alpha value is -0.946. The van der Waals surface area contributed by atoms with E-state index in [-0.39, 0.29) is 5.54 Å². The maximum atomic E-state index is 14.4. The summed E-state index contributed by atoms with van der Waals surface area (Å²) in [6.45, 7) is 12.2. The fourth-order valence-corrected chi connectivity index (χ4v) is 17.8. The van der Waals surface area contributed by atoms with Crippen molar-refractivity contribution >= 4 is 22.3 Å². The van der Waals surface area contributed by atoms with Crippen molar-refractivity contribution in [3.8, 4) is 0 Å². The van der Waals surface area contributed by atoms with Gasteiger partial charge < -0.3 is 9.33 Å². The van der Waals surface area contributed by atoms with Gasteiger partial charge in [0.2, 0.25) is 8.32 Å². The predicted molar refractivity (Wildman–Crippen MR) is 111 cm³/mol. The number of allylic oxidation sites excluding steroid dienone is 1. The number of hydrogen-bond donors (Lipinski definition) is 0. The standard InChI is InChI=1S/C19H34F5NO3Si2/c1-14(2)28-30(6,7)13-29(4,5)16-10-8-9-15(11-16)25(3)17(26)18(21,27-12-20)19(22,23)24/h15-16H,1,8-13H2,2-7H3. The average Bonchev–Trinajstić information content (AvgIpc) is 2.57. The minimum Gasteiger partial charge on any atom is -0.548 e. The lowest BCUT2D eigenvalue weighted by molar-refractivity contribution is -0.327. The first-order chi connectivity index (χ1) is 13.5. The van der Waals surface area contributed by atoms with E-state index in [0.29, 0.717) is 18.6 Å². The Morgan fingerprint density at radius 2 is 1.73 bits per heavy atom. The van der Waals surface area contributed by atoms with Crippen LogP contribution < -0.4 is 0 Å². The fourth-order valence-electron chi connectivity index (χ4n) is 4.71. The van der Waals surface area contributed by atoms with Crippen LogP contribution in [0, 0.1) is 0 Å². The van der Waals surface area contributed by atoms with Gasteiger partial charge in [-0.05, 0) is 44.1 Å². The molecule has 176 valence electrons. The van der Waals surface area contributed by atoms with Gasteiger partial charge in [-0.15, -0.1) is 0 Å². The second-order valence-electron chi connectivity index (χ2n) is 9.51. The lowest BCUT2D eigenvalue weighted by atomic mass is 9.93. The zero-order valence-electron chi connectivity index (χ0n) is 18.7. The molecule has 0 aromatic heterocycles. The molecular formula is C19H34F5NO3Si2. The van der Waals surface area contributed by atoms with Crippen molar-refractivity contribution in [2.75, 3.05) is 13.9 Å². The van der Waals surface area contributed by atoms with E-state index >= 15 is 0 Å². The Labute approximate surface area is 177 Å². The predicted octanol–water partition coefficient (Wildman–Crippen LogP) is 5.93. The molecule has 0 spiro atoms. The van der Waals surface area contributed by atoms with Crippen LogP contribution in [-0.2, 0) is 14.0 Å². The molecule has 0 N–H and O–H groups in total. The van der Waals surface area contributed by atoms with Crippen LogP contribution in [0.3, 0.4) is 0 Å². The molecule has 0 heterocycles. The minimum absolute atomic E-state index is 0.244. The molecule has 30 heavy (non-hydrogen) atoms. The van der Waals surface area contributed by atoms with Crippen LogP contribution in [0.1, 0.15) is 32.6 Å². The minimum atomic E-state index is -5.66. The maximum absolute atomic E-state index is 14.4. The van der Waals surface area contributed by atoms with E-state index in [1.54, 1.807) is 0 Å². The number of alkyl halides is 5. The number of rotatable bonds is 9. The Morgan fingerprint density at radius 1 is 1.17 bits per heavy atom. The van der Waals surface area contributed by atoms with Crippen molar-refractivity contribution in [2.45, 2.75) is 88.1 Å². The SMILES string of the molecule is C=C(C)O[Si](C)(C)C[Si](C)(C)C1CCCC(N(C)C(=O)C(F)(OCF)C(F)(F)F)C1. The van der Waals surface area contributed by atoms with E-state index in [4.69, 9.17) is 4.43 Å². The molecule has 11 heteroatoms. The van der Waals surface area contributed by atoms with E-state index in [9.17, 15) is 26.7 Å². The normalized spacial score (nSPS) is 22.9. The van der Waals surface area contributed by atoms with Gasteiger partial charge in [0.15, 0.2) is 6.86 Å². The van der Waals surface area contributed by atoms with Crippen LogP contribution in [0.15, 0.2) is 12.3 Å². The van der Waals surface area contributed by atoms with E-state index in [1.807, 2.05) is 6.92 Å². The highest BCUT2D eigenvalue weighted by atomic mass is 28.4. The first-order valence-electron chi connectivity index (χ1n) is 10.0. The number of nitrogens with zero attached hydrogens (tertiary/aromatic N) is 1. The summed E-state index contributed by atoms with van der Waals surface area (Å²) in [5.74, 6) is -5.92. The summed E-state index contributed by atoms with van der Waals surface area (Å²) in [5, 5.41) is 0. The summed E-state index contributed by atoms with van der Waals surface area (Å²) in [4.78, 5) is 13.1. The Morgan fingerprint density at radius 3 is 2.20 bits per heavy atom. The molecule has 1 aliphatic rings. The van der Waals surface area contributed by atoms with Gasteiger partial charge in [0.1, 0.15) is 0 Å². The number of ether oxygens (including phenoxy) is 1. The molecule has 0 aromatic rings. The largest absolute Gasteiger partial charge is 0.548 e. The quantitative estimate of drug-likeness (QED) is 0.236. The van der Waals surface area contributed by atoms with Crippen LogP contribution in [0.2, 0.25) is 37.4 Å². The second kappa shape index (κ2) is 9.68. The number of hydrogen-bond acceptors (Lipinski definition) is 3. The highest BCUT2D eigenvalue weighted by Gasteiger charge is 2.65. The van der Waals surface area contributed by atoms with E-state index in [0.717, 1.165) is 30.5 Å². The van der Waals surface area contributed by atoms with Gasteiger partial charge in [-0.25, -0.2) is 4.39 Å². The third-order valence-electron chi connectivity index (χ3n) is 5.84. The second-order valence-corrected chi connectivity index (χ2v) is 19.4. The van der Waals surface area contributed by atoms with Crippen molar-refractivity contribution < 1.29 is 35.9 Å². The molecule has 1 rings (SSSR count). The molecule has 0 saturated heterocycles. The summed E-state index contributed by atoms with van der Waals surface area (Å²) >= 11 is 0. The first kappa shape index (κ1) is 27.1. The third-order valence-corrected chi connectivity index (χ3v) is 16.5. The molecule has 4 nitrogen and oxygen atoms in total. The van der Waals surface area contributed by atoms with Crippen LogP contribution in [0.5, 0.6) is 0 Å². The summed E-state index contributed by atoms with van der Waals surface area (Å²) in [6, 6.07) is -0.560. The lowest BCUT2D eigenvalue weighted by Gasteiger charge is -2.44. The molecule has 0 radical (unpaired) electrons. The number of halogens is 5. The first-order valence-corrected chi connectivity index (χ1v) is 16.4. The molecule has 3 unspecified atom stereocenters. The van der Waals surface area contributed by atoms with Gasteiger partial charge in [-0.2, -0.15) is 17.6 Å². The monoisotopic (exact) mass is 475 g/mol. The third kappa shape index (κ3) is 6.52. The number of carbonyl (C=O) groups is 1. The van der Waals surface area contributed by atoms with Crippen molar-refractivity contribution in [1.82, 2.24) is 4.90 Å². The fraction of sp³-hybridized carbons (Fsp3) is 0.842. The molecule has 1 amide bonds. The molecule has 0 aromatic carbocycles. The van der Waals surface area contributed by atoms with Gasteiger partial charge in [-0.1, -0.05) is 32.5 Å². The summed E-state index contributed by atoms with van der Waals surface area (Å²) in [6.07, 6.45) is -3.07. The Bertz CT molecular complexity index is 630. The van der Waals surface area contributed by atoms with Crippen molar-refractivity contribution in [1.29, 1.82) is 0 Å². The highest BCUT2D eigenvalue weighted by Crippen LogP contribution is 2.44.